The Morgan fingerprint density at radius 1 is 1.15 bits per heavy atom. The van der Waals surface area contributed by atoms with Crippen molar-refractivity contribution in [3.63, 3.8) is 0 Å². The highest BCUT2D eigenvalue weighted by Gasteiger charge is 2.31. The molecule has 2 nitrogen and oxygen atoms in total. The molecular formula is C7H6BF3N2. The average Bonchev–Trinajstić information content (AvgIpc) is 1.97. The minimum absolute atomic E-state index is 0.0204. The summed E-state index contributed by atoms with van der Waals surface area (Å²) in [6.45, 7) is 0. The highest BCUT2D eigenvalue weighted by molar-refractivity contribution is 6.36. The predicted molar refractivity (Wildman–Crippen MR) is 45.7 cm³/mol. The zero-order valence-corrected chi connectivity index (χ0v) is 6.52. The summed E-state index contributed by atoms with van der Waals surface area (Å²) >= 11 is 0. The number of benzene rings is 1. The number of nitrogens with two attached hydrogens (primary N) is 2. The topological polar surface area (TPSA) is 52.0 Å². The molecule has 0 spiro atoms. The molecule has 0 saturated carbocycles. The van der Waals surface area contributed by atoms with Crippen molar-refractivity contribution >= 4 is 24.7 Å². The molecule has 0 aromatic heterocycles. The molecule has 0 heterocycles. The van der Waals surface area contributed by atoms with E-state index in [0.29, 0.717) is 0 Å². The SMILES string of the molecule is [B]c1cc(C(F)(F)F)cc(N)c1N. The fourth-order valence-electron chi connectivity index (χ4n) is 0.863. The average molecular weight is 186 g/mol. The fourth-order valence-corrected chi connectivity index (χ4v) is 0.863. The first-order valence-electron chi connectivity index (χ1n) is 3.34. The van der Waals surface area contributed by atoms with Crippen molar-refractivity contribution in [3.8, 4) is 0 Å². The van der Waals surface area contributed by atoms with Crippen molar-refractivity contribution in [1.29, 1.82) is 0 Å². The van der Waals surface area contributed by atoms with E-state index in [1.807, 2.05) is 0 Å². The Labute approximate surface area is 74.1 Å². The van der Waals surface area contributed by atoms with E-state index in [2.05, 4.69) is 0 Å². The molecule has 0 unspecified atom stereocenters. The molecule has 0 fully saturated rings. The molecule has 0 aliphatic carbocycles. The first kappa shape index (κ1) is 9.76. The second-order valence-electron chi connectivity index (χ2n) is 2.57. The summed E-state index contributed by atoms with van der Waals surface area (Å²) in [5, 5.41) is 0. The zero-order valence-electron chi connectivity index (χ0n) is 6.52. The first-order valence-corrected chi connectivity index (χ1v) is 3.34. The molecule has 1 aromatic carbocycles. The Bertz CT molecular complexity index is 312. The molecule has 0 aliphatic rings. The summed E-state index contributed by atoms with van der Waals surface area (Å²) in [5.41, 5.74) is 9.26. The van der Waals surface area contributed by atoms with E-state index in [1.54, 1.807) is 0 Å². The maximum absolute atomic E-state index is 12.1. The van der Waals surface area contributed by atoms with Crippen molar-refractivity contribution < 1.29 is 13.2 Å². The van der Waals surface area contributed by atoms with Gasteiger partial charge in [-0.2, -0.15) is 13.2 Å². The number of anilines is 2. The Morgan fingerprint density at radius 3 is 2.08 bits per heavy atom. The maximum atomic E-state index is 12.1. The van der Waals surface area contributed by atoms with Gasteiger partial charge in [0.1, 0.15) is 7.85 Å². The molecule has 13 heavy (non-hydrogen) atoms. The zero-order chi connectivity index (χ0) is 10.2. The number of alkyl halides is 3. The summed E-state index contributed by atoms with van der Waals surface area (Å²) in [4.78, 5) is 0. The molecule has 0 aliphatic heterocycles. The monoisotopic (exact) mass is 186 g/mol. The molecular weight excluding hydrogens is 180 g/mol. The molecule has 2 radical (unpaired) electrons. The third-order valence-corrected chi connectivity index (χ3v) is 1.57. The van der Waals surface area contributed by atoms with Crippen LogP contribution in [0.25, 0.3) is 0 Å². The standard InChI is InChI=1S/C7H6BF3N2/c8-4-1-3(7(9,10)11)2-5(12)6(4)13/h1-2H,12-13H2. The van der Waals surface area contributed by atoms with Crippen LogP contribution < -0.4 is 16.9 Å². The van der Waals surface area contributed by atoms with Crippen LogP contribution in [0.3, 0.4) is 0 Å². The molecule has 0 amide bonds. The Balaban J connectivity index is 3.29. The van der Waals surface area contributed by atoms with Gasteiger partial charge in [-0.1, -0.05) is 11.5 Å². The van der Waals surface area contributed by atoms with Crippen LogP contribution in [-0.4, -0.2) is 7.85 Å². The van der Waals surface area contributed by atoms with Gasteiger partial charge in [0.05, 0.1) is 11.3 Å². The number of rotatable bonds is 0. The highest BCUT2D eigenvalue weighted by atomic mass is 19.4. The van der Waals surface area contributed by atoms with Crippen molar-refractivity contribution in [2.75, 3.05) is 11.5 Å². The van der Waals surface area contributed by atoms with E-state index in [1.165, 1.54) is 0 Å². The van der Waals surface area contributed by atoms with Crippen LogP contribution in [0.2, 0.25) is 0 Å². The van der Waals surface area contributed by atoms with Gasteiger partial charge in [0.15, 0.2) is 0 Å². The van der Waals surface area contributed by atoms with Gasteiger partial charge in [0.2, 0.25) is 0 Å². The summed E-state index contributed by atoms with van der Waals surface area (Å²) < 4.78 is 36.4. The number of halogens is 3. The Hall–Kier alpha value is -1.33. The van der Waals surface area contributed by atoms with E-state index in [4.69, 9.17) is 19.3 Å². The lowest BCUT2D eigenvalue weighted by atomic mass is 9.91. The van der Waals surface area contributed by atoms with Crippen LogP contribution in [0.1, 0.15) is 5.56 Å². The van der Waals surface area contributed by atoms with Crippen molar-refractivity contribution in [1.82, 2.24) is 0 Å². The number of hydrogen-bond donors (Lipinski definition) is 2. The second-order valence-corrected chi connectivity index (χ2v) is 2.57. The molecule has 1 aromatic rings. The van der Waals surface area contributed by atoms with Gasteiger partial charge in [-0.25, -0.2) is 0 Å². The molecule has 4 N–H and O–H groups in total. The van der Waals surface area contributed by atoms with Gasteiger partial charge in [-0.3, -0.25) is 0 Å². The fraction of sp³-hybridized carbons (Fsp3) is 0.143. The van der Waals surface area contributed by atoms with Gasteiger partial charge in [-0.15, -0.1) is 0 Å². The molecule has 0 atom stereocenters. The minimum atomic E-state index is -4.45. The Kier molecular flexibility index (Phi) is 2.15. The van der Waals surface area contributed by atoms with E-state index < -0.39 is 11.7 Å². The van der Waals surface area contributed by atoms with Gasteiger partial charge >= 0.3 is 6.18 Å². The smallest absolute Gasteiger partial charge is 0.398 e. The molecule has 68 valence electrons. The summed E-state index contributed by atoms with van der Waals surface area (Å²) in [5.74, 6) is 0. The van der Waals surface area contributed by atoms with Crippen molar-refractivity contribution in [2.45, 2.75) is 6.18 Å². The second kappa shape index (κ2) is 2.87. The third kappa shape index (κ3) is 1.88. The van der Waals surface area contributed by atoms with Gasteiger partial charge in [-0.05, 0) is 6.07 Å². The van der Waals surface area contributed by atoms with Gasteiger partial charge in [0.25, 0.3) is 0 Å². The van der Waals surface area contributed by atoms with Crippen molar-refractivity contribution in [3.05, 3.63) is 17.7 Å². The molecule has 1 rings (SSSR count). The van der Waals surface area contributed by atoms with Crippen LogP contribution in [-0.2, 0) is 6.18 Å². The van der Waals surface area contributed by atoms with Crippen LogP contribution in [0, 0.1) is 0 Å². The summed E-state index contributed by atoms with van der Waals surface area (Å²) in [6.07, 6.45) is -4.45. The highest BCUT2D eigenvalue weighted by Crippen LogP contribution is 2.30. The van der Waals surface area contributed by atoms with E-state index in [0.717, 1.165) is 12.1 Å². The van der Waals surface area contributed by atoms with E-state index in [9.17, 15) is 13.2 Å². The van der Waals surface area contributed by atoms with Gasteiger partial charge in [0, 0.05) is 5.69 Å². The van der Waals surface area contributed by atoms with Crippen LogP contribution >= 0.6 is 0 Å². The summed E-state index contributed by atoms with van der Waals surface area (Å²) in [6, 6.07) is 1.51. The number of nitrogen functional groups attached to an aromatic ring is 2. The lowest BCUT2D eigenvalue weighted by Crippen LogP contribution is -2.17. The Morgan fingerprint density at radius 2 is 1.69 bits per heavy atom. The van der Waals surface area contributed by atoms with Crippen LogP contribution in [0.5, 0.6) is 0 Å². The quantitative estimate of drug-likeness (QED) is 0.461. The predicted octanol–water partition coefficient (Wildman–Crippen LogP) is 0.664. The lowest BCUT2D eigenvalue weighted by Gasteiger charge is -2.11. The van der Waals surface area contributed by atoms with E-state index in [-0.39, 0.29) is 16.8 Å². The normalized spacial score (nSPS) is 11.6. The molecule has 0 saturated heterocycles. The van der Waals surface area contributed by atoms with Gasteiger partial charge < -0.3 is 11.5 Å². The minimum Gasteiger partial charge on any atom is -0.398 e. The van der Waals surface area contributed by atoms with Crippen LogP contribution in [0.4, 0.5) is 24.5 Å². The largest absolute Gasteiger partial charge is 0.416 e. The van der Waals surface area contributed by atoms with Crippen molar-refractivity contribution in [2.24, 2.45) is 0 Å². The van der Waals surface area contributed by atoms with E-state index >= 15 is 0 Å². The number of hydrogen-bond acceptors (Lipinski definition) is 2. The third-order valence-electron chi connectivity index (χ3n) is 1.57. The summed E-state index contributed by atoms with van der Waals surface area (Å²) in [7, 11) is 5.21. The lowest BCUT2D eigenvalue weighted by molar-refractivity contribution is -0.137. The maximum Gasteiger partial charge on any atom is 0.416 e. The first-order chi connectivity index (χ1) is 5.82. The van der Waals surface area contributed by atoms with Crippen LogP contribution in [0.15, 0.2) is 12.1 Å². The molecule has 0 bridgehead atoms. The molecule has 6 heteroatoms.